The number of hydrazone groups is 1. The fourth-order valence-electron chi connectivity index (χ4n) is 3.88. The molecule has 1 amide bonds. The molecule has 0 bridgehead atoms. The van der Waals surface area contributed by atoms with Gasteiger partial charge in [-0.2, -0.15) is 9.41 Å². The first-order valence-corrected chi connectivity index (χ1v) is 13.6. The number of nitrogens with zero attached hydrogens (tertiary/aromatic N) is 3. The van der Waals surface area contributed by atoms with Crippen LogP contribution in [0.2, 0.25) is 15.1 Å². The van der Waals surface area contributed by atoms with Gasteiger partial charge in [-0.05, 0) is 55.7 Å². The van der Waals surface area contributed by atoms with Crippen molar-refractivity contribution >= 4 is 62.6 Å². The molecule has 3 aromatic carbocycles. The zero-order chi connectivity index (χ0) is 28.2. The van der Waals surface area contributed by atoms with Crippen LogP contribution in [0.15, 0.2) is 58.5 Å². The summed E-state index contributed by atoms with van der Waals surface area (Å²) in [7, 11) is -4.15. The third kappa shape index (κ3) is 7.09. The second kappa shape index (κ2) is 12.2. The molecule has 200 valence electrons. The van der Waals surface area contributed by atoms with Crippen LogP contribution in [0.3, 0.4) is 0 Å². The Morgan fingerprint density at radius 2 is 1.63 bits per heavy atom. The first-order chi connectivity index (χ1) is 17.8. The highest BCUT2D eigenvalue weighted by molar-refractivity contribution is 7.89. The monoisotopic (exact) mass is 596 g/mol. The van der Waals surface area contributed by atoms with Gasteiger partial charge in [-0.15, -0.1) is 0 Å². The molecule has 9 nitrogen and oxygen atoms in total. The highest BCUT2D eigenvalue weighted by atomic mass is 35.5. The zero-order valence-electron chi connectivity index (χ0n) is 20.5. The van der Waals surface area contributed by atoms with Crippen LogP contribution in [0.1, 0.15) is 27.8 Å². The maximum atomic E-state index is 13.8. The SMILES string of the molecule is Cc1cc(C)c(S(=O)(=O)N(CC(=O)N/N=C/c2cc([N+](=O)[O-])ccc2Cl)Cc2ccc(Cl)c(Cl)c2)c(C)c1. The van der Waals surface area contributed by atoms with E-state index in [1.165, 1.54) is 24.3 Å². The molecule has 3 rings (SSSR count). The minimum absolute atomic E-state index is 0.0999. The third-order valence-corrected chi connectivity index (χ3v) is 8.63. The Balaban J connectivity index is 1.90. The molecule has 0 radical (unpaired) electrons. The summed E-state index contributed by atoms with van der Waals surface area (Å²) in [5.74, 6) is -0.742. The van der Waals surface area contributed by atoms with Crippen molar-refractivity contribution in [2.75, 3.05) is 6.54 Å². The Morgan fingerprint density at radius 3 is 2.24 bits per heavy atom. The molecule has 0 spiro atoms. The molecule has 0 aliphatic carbocycles. The molecule has 0 unspecified atom stereocenters. The number of rotatable bonds is 9. The summed E-state index contributed by atoms with van der Waals surface area (Å²) in [4.78, 5) is 23.3. The number of carbonyl (C=O) groups excluding carboxylic acids is 1. The summed E-state index contributed by atoms with van der Waals surface area (Å²) in [5, 5.41) is 15.5. The number of aryl methyl sites for hydroxylation is 3. The van der Waals surface area contributed by atoms with Crippen LogP contribution in [-0.4, -0.2) is 36.3 Å². The van der Waals surface area contributed by atoms with Gasteiger partial charge >= 0.3 is 0 Å². The smallest absolute Gasteiger partial charge is 0.270 e. The number of amides is 1. The summed E-state index contributed by atoms with van der Waals surface area (Å²) in [5.41, 5.74) is 4.76. The van der Waals surface area contributed by atoms with Crippen LogP contribution in [0.25, 0.3) is 0 Å². The Bertz CT molecular complexity index is 1520. The number of hydrogen-bond acceptors (Lipinski definition) is 6. The normalized spacial score (nSPS) is 11.8. The topological polar surface area (TPSA) is 122 Å². The molecule has 0 aromatic heterocycles. The highest BCUT2D eigenvalue weighted by Crippen LogP contribution is 2.28. The largest absolute Gasteiger partial charge is 0.272 e. The van der Waals surface area contributed by atoms with E-state index in [1.807, 2.05) is 6.92 Å². The zero-order valence-corrected chi connectivity index (χ0v) is 23.6. The number of nitro groups is 1. The summed E-state index contributed by atoms with van der Waals surface area (Å²) in [6.07, 6.45) is 1.14. The number of carbonyl (C=O) groups is 1. The van der Waals surface area contributed by atoms with E-state index in [0.29, 0.717) is 21.7 Å². The lowest BCUT2D eigenvalue weighted by molar-refractivity contribution is -0.384. The van der Waals surface area contributed by atoms with E-state index >= 15 is 0 Å². The van der Waals surface area contributed by atoms with E-state index in [2.05, 4.69) is 10.5 Å². The molecule has 0 heterocycles. The molecule has 38 heavy (non-hydrogen) atoms. The molecule has 3 aromatic rings. The van der Waals surface area contributed by atoms with Crippen molar-refractivity contribution in [2.24, 2.45) is 5.10 Å². The number of nitro benzene ring substituents is 1. The maximum absolute atomic E-state index is 13.8. The molecular weight excluding hydrogens is 575 g/mol. The van der Waals surface area contributed by atoms with Gasteiger partial charge < -0.3 is 0 Å². The predicted molar refractivity (Wildman–Crippen MR) is 149 cm³/mol. The van der Waals surface area contributed by atoms with Gasteiger partial charge in [0.15, 0.2) is 0 Å². The minimum Gasteiger partial charge on any atom is -0.272 e. The number of nitrogens with one attached hydrogen (secondary N) is 1. The van der Waals surface area contributed by atoms with Crippen molar-refractivity contribution in [2.45, 2.75) is 32.2 Å². The molecule has 0 fully saturated rings. The lowest BCUT2D eigenvalue weighted by Gasteiger charge is -2.24. The number of hydrogen-bond donors (Lipinski definition) is 1. The van der Waals surface area contributed by atoms with Crippen LogP contribution in [0.5, 0.6) is 0 Å². The number of sulfonamides is 1. The van der Waals surface area contributed by atoms with Gasteiger partial charge in [0.2, 0.25) is 10.0 Å². The van der Waals surface area contributed by atoms with Crippen LogP contribution in [0.4, 0.5) is 5.69 Å². The molecule has 0 aliphatic rings. The fourth-order valence-corrected chi connectivity index (χ4v) is 6.17. The van der Waals surface area contributed by atoms with Gasteiger partial charge in [0.25, 0.3) is 11.6 Å². The molecule has 0 atom stereocenters. The molecule has 0 aliphatic heterocycles. The van der Waals surface area contributed by atoms with Gasteiger partial charge in [-0.1, -0.05) is 58.6 Å². The Hall–Kier alpha value is -3.02. The lowest BCUT2D eigenvalue weighted by atomic mass is 10.1. The quantitative estimate of drug-likeness (QED) is 0.189. The lowest BCUT2D eigenvalue weighted by Crippen LogP contribution is -2.39. The molecule has 0 saturated carbocycles. The van der Waals surface area contributed by atoms with Gasteiger partial charge in [-0.3, -0.25) is 14.9 Å². The van der Waals surface area contributed by atoms with E-state index in [1.54, 1.807) is 38.1 Å². The minimum atomic E-state index is -4.15. The molecular formula is C25H23Cl3N4O5S. The van der Waals surface area contributed by atoms with E-state index in [0.717, 1.165) is 16.1 Å². The molecule has 0 saturated heterocycles. The average molecular weight is 598 g/mol. The van der Waals surface area contributed by atoms with Crippen molar-refractivity contribution in [1.29, 1.82) is 0 Å². The first kappa shape index (κ1) is 29.5. The Labute approximate surface area is 235 Å². The second-order valence-electron chi connectivity index (χ2n) is 8.51. The van der Waals surface area contributed by atoms with E-state index in [4.69, 9.17) is 34.8 Å². The standard InChI is InChI=1S/C25H23Cl3N4O5S/c1-15-8-16(2)25(17(3)9-15)38(36,37)31(13-18-4-6-22(27)23(28)10-18)14-24(33)30-29-12-19-11-20(32(34)35)5-7-21(19)26/h4-12H,13-14H2,1-3H3,(H,30,33)/b29-12+. The summed E-state index contributed by atoms with van der Waals surface area (Å²) >= 11 is 18.2. The summed E-state index contributed by atoms with van der Waals surface area (Å²) in [6, 6.07) is 12.0. The van der Waals surface area contributed by atoms with Crippen molar-refractivity contribution in [3.05, 3.63) is 102 Å². The number of halogens is 3. The Morgan fingerprint density at radius 1 is 1.00 bits per heavy atom. The number of benzene rings is 3. The molecule has 1 N–H and O–H groups in total. The van der Waals surface area contributed by atoms with Crippen molar-refractivity contribution in [3.8, 4) is 0 Å². The third-order valence-electron chi connectivity index (χ3n) is 5.45. The van der Waals surface area contributed by atoms with E-state index in [9.17, 15) is 23.3 Å². The summed E-state index contributed by atoms with van der Waals surface area (Å²) in [6.45, 7) is 4.51. The predicted octanol–water partition coefficient (Wildman–Crippen LogP) is 5.82. The highest BCUT2D eigenvalue weighted by Gasteiger charge is 2.30. The summed E-state index contributed by atoms with van der Waals surface area (Å²) < 4.78 is 28.6. The fraction of sp³-hybridized carbons (Fsp3) is 0.200. The van der Waals surface area contributed by atoms with Crippen molar-refractivity contribution in [3.63, 3.8) is 0 Å². The van der Waals surface area contributed by atoms with Crippen molar-refractivity contribution < 1.29 is 18.1 Å². The maximum Gasteiger partial charge on any atom is 0.270 e. The van der Waals surface area contributed by atoms with Crippen molar-refractivity contribution in [1.82, 2.24) is 9.73 Å². The van der Waals surface area contributed by atoms with Crippen LogP contribution in [-0.2, 0) is 21.4 Å². The second-order valence-corrected chi connectivity index (χ2v) is 11.6. The van der Waals surface area contributed by atoms with Crippen LogP contribution in [0, 0.1) is 30.9 Å². The molecule has 13 heteroatoms. The van der Waals surface area contributed by atoms with Gasteiger partial charge in [0.1, 0.15) is 0 Å². The van der Waals surface area contributed by atoms with E-state index in [-0.39, 0.29) is 32.7 Å². The van der Waals surface area contributed by atoms with Crippen LogP contribution >= 0.6 is 34.8 Å². The van der Waals surface area contributed by atoms with Gasteiger partial charge in [0, 0.05) is 29.3 Å². The van der Waals surface area contributed by atoms with Crippen LogP contribution < -0.4 is 5.43 Å². The van der Waals surface area contributed by atoms with Gasteiger partial charge in [0.05, 0.1) is 32.6 Å². The first-order valence-electron chi connectivity index (χ1n) is 11.1. The van der Waals surface area contributed by atoms with E-state index < -0.39 is 27.4 Å². The number of non-ortho nitro benzene ring substituents is 1. The average Bonchev–Trinajstić information content (AvgIpc) is 2.81. The Kier molecular flexibility index (Phi) is 9.50. The van der Waals surface area contributed by atoms with Gasteiger partial charge in [-0.25, -0.2) is 13.8 Å².